The van der Waals surface area contributed by atoms with Crippen molar-refractivity contribution in [3.63, 3.8) is 0 Å². The van der Waals surface area contributed by atoms with E-state index in [4.69, 9.17) is 0 Å². The summed E-state index contributed by atoms with van der Waals surface area (Å²) in [5, 5.41) is 7.96. The maximum absolute atomic E-state index is 4.69. The Hall–Kier alpha value is -1.40. The first-order valence-corrected chi connectivity index (χ1v) is 10.0. The van der Waals surface area contributed by atoms with Crippen LogP contribution in [0.3, 0.4) is 0 Å². The Bertz CT molecular complexity index is 695. The SMILES string of the molecule is CCNC(=NCc1ncc(CC)s1)NC1CC1c1ccc(Br)cc1. The fourth-order valence-electron chi connectivity index (χ4n) is 2.66. The van der Waals surface area contributed by atoms with Crippen molar-refractivity contribution in [2.75, 3.05) is 6.54 Å². The first-order valence-electron chi connectivity index (χ1n) is 8.43. The lowest BCUT2D eigenvalue weighted by atomic mass is 10.1. The van der Waals surface area contributed by atoms with Crippen LogP contribution in [0.2, 0.25) is 0 Å². The molecular weight excluding hydrogens is 384 g/mol. The standard InChI is InChI=1S/C18H23BrN4S/c1-3-14-10-21-17(24-14)11-22-18(20-4-2)23-16-9-15(16)12-5-7-13(19)8-6-12/h5-8,10,15-16H,3-4,9,11H2,1-2H3,(H2,20,22,23). The van der Waals surface area contributed by atoms with Crippen LogP contribution in [0, 0.1) is 0 Å². The molecule has 1 aliphatic rings. The molecule has 2 unspecified atom stereocenters. The van der Waals surface area contributed by atoms with Gasteiger partial charge in [0.15, 0.2) is 5.96 Å². The zero-order valence-electron chi connectivity index (χ0n) is 14.1. The minimum Gasteiger partial charge on any atom is -0.357 e. The van der Waals surface area contributed by atoms with E-state index in [1.54, 1.807) is 11.3 Å². The van der Waals surface area contributed by atoms with Crippen molar-refractivity contribution in [3.05, 3.63) is 50.4 Å². The van der Waals surface area contributed by atoms with Gasteiger partial charge in [0.1, 0.15) is 5.01 Å². The first kappa shape index (κ1) is 17.4. The molecule has 3 rings (SSSR count). The number of hydrogen-bond donors (Lipinski definition) is 2. The second-order valence-electron chi connectivity index (χ2n) is 5.91. The number of halogens is 1. The molecule has 2 N–H and O–H groups in total. The average molecular weight is 407 g/mol. The van der Waals surface area contributed by atoms with Crippen LogP contribution < -0.4 is 10.6 Å². The molecule has 2 atom stereocenters. The maximum atomic E-state index is 4.69. The molecule has 0 aliphatic heterocycles. The molecule has 1 aromatic carbocycles. The normalized spacial score (nSPS) is 20.0. The Morgan fingerprint density at radius 1 is 1.33 bits per heavy atom. The third-order valence-corrected chi connectivity index (χ3v) is 5.73. The predicted molar refractivity (Wildman–Crippen MR) is 105 cm³/mol. The average Bonchev–Trinajstić information content (AvgIpc) is 3.19. The van der Waals surface area contributed by atoms with E-state index < -0.39 is 0 Å². The molecule has 1 aromatic heterocycles. The molecule has 0 spiro atoms. The second-order valence-corrected chi connectivity index (χ2v) is 8.03. The van der Waals surface area contributed by atoms with E-state index in [1.807, 2.05) is 6.20 Å². The largest absolute Gasteiger partial charge is 0.357 e. The summed E-state index contributed by atoms with van der Waals surface area (Å²) >= 11 is 5.24. The van der Waals surface area contributed by atoms with Crippen molar-refractivity contribution in [1.82, 2.24) is 15.6 Å². The summed E-state index contributed by atoms with van der Waals surface area (Å²) < 4.78 is 1.13. The molecule has 0 bridgehead atoms. The molecule has 0 radical (unpaired) electrons. The molecule has 1 heterocycles. The van der Waals surface area contributed by atoms with Gasteiger partial charge in [-0.3, -0.25) is 0 Å². The van der Waals surface area contributed by atoms with Crippen LogP contribution >= 0.6 is 27.3 Å². The Morgan fingerprint density at radius 2 is 2.12 bits per heavy atom. The monoisotopic (exact) mass is 406 g/mol. The van der Waals surface area contributed by atoms with Crippen LogP contribution in [-0.4, -0.2) is 23.5 Å². The van der Waals surface area contributed by atoms with Crippen LogP contribution in [0.5, 0.6) is 0 Å². The third kappa shape index (κ3) is 4.57. The molecule has 2 aromatic rings. The van der Waals surface area contributed by atoms with Crippen LogP contribution in [0.15, 0.2) is 39.9 Å². The lowest BCUT2D eigenvalue weighted by molar-refractivity contribution is 0.794. The van der Waals surface area contributed by atoms with E-state index in [0.29, 0.717) is 18.5 Å². The summed E-state index contributed by atoms with van der Waals surface area (Å²) in [5.41, 5.74) is 1.39. The number of hydrogen-bond acceptors (Lipinski definition) is 3. The number of rotatable bonds is 6. The van der Waals surface area contributed by atoms with E-state index in [-0.39, 0.29) is 0 Å². The highest BCUT2D eigenvalue weighted by Crippen LogP contribution is 2.41. The summed E-state index contributed by atoms with van der Waals surface area (Å²) in [4.78, 5) is 10.4. The lowest BCUT2D eigenvalue weighted by Gasteiger charge is -2.11. The van der Waals surface area contributed by atoms with Crippen LogP contribution in [0.1, 0.15) is 41.6 Å². The van der Waals surface area contributed by atoms with Crippen LogP contribution in [0.25, 0.3) is 0 Å². The summed E-state index contributed by atoms with van der Waals surface area (Å²) in [7, 11) is 0. The Morgan fingerprint density at radius 3 is 2.79 bits per heavy atom. The van der Waals surface area contributed by atoms with Crippen molar-refractivity contribution in [3.8, 4) is 0 Å². The Labute approximate surface area is 155 Å². The van der Waals surface area contributed by atoms with Gasteiger partial charge in [0, 0.05) is 34.1 Å². The van der Waals surface area contributed by atoms with Crippen molar-refractivity contribution < 1.29 is 0 Å². The van der Waals surface area contributed by atoms with E-state index in [2.05, 4.69) is 74.7 Å². The van der Waals surface area contributed by atoms with Gasteiger partial charge in [-0.25, -0.2) is 9.98 Å². The van der Waals surface area contributed by atoms with E-state index >= 15 is 0 Å². The van der Waals surface area contributed by atoms with Crippen molar-refractivity contribution >= 4 is 33.2 Å². The number of guanidine groups is 1. The first-order chi connectivity index (χ1) is 11.7. The molecule has 4 nitrogen and oxygen atoms in total. The predicted octanol–water partition coefficient (Wildman–Crippen LogP) is 4.08. The van der Waals surface area contributed by atoms with Crippen molar-refractivity contribution in [1.29, 1.82) is 0 Å². The van der Waals surface area contributed by atoms with Crippen molar-refractivity contribution in [2.45, 2.75) is 45.2 Å². The fourth-order valence-corrected chi connectivity index (χ4v) is 3.71. The number of benzene rings is 1. The Balaban J connectivity index is 1.58. The van der Waals surface area contributed by atoms with Gasteiger partial charge in [-0.1, -0.05) is 35.0 Å². The second kappa shape index (κ2) is 8.12. The van der Waals surface area contributed by atoms with Gasteiger partial charge >= 0.3 is 0 Å². The number of nitrogens with zero attached hydrogens (tertiary/aromatic N) is 2. The minimum absolute atomic E-state index is 0.464. The van der Waals surface area contributed by atoms with Gasteiger partial charge in [-0.05, 0) is 37.5 Å². The van der Waals surface area contributed by atoms with Gasteiger partial charge in [-0.2, -0.15) is 0 Å². The highest BCUT2D eigenvalue weighted by atomic mass is 79.9. The van der Waals surface area contributed by atoms with E-state index in [9.17, 15) is 0 Å². The summed E-state index contributed by atoms with van der Waals surface area (Å²) in [6.45, 7) is 5.74. The van der Waals surface area contributed by atoms with Gasteiger partial charge < -0.3 is 10.6 Å². The smallest absolute Gasteiger partial charge is 0.191 e. The number of nitrogens with one attached hydrogen (secondary N) is 2. The zero-order valence-corrected chi connectivity index (χ0v) is 16.5. The quantitative estimate of drug-likeness (QED) is 0.561. The highest BCUT2D eigenvalue weighted by Gasteiger charge is 2.38. The highest BCUT2D eigenvalue weighted by molar-refractivity contribution is 9.10. The van der Waals surface area contributed by atoms with Crippen LogP contribution in [-0.2, 0) is 13.0 Å². The van der Waals surface area contributed by atoms with Gasteiger partial charge in [0.2, 0.25) is 0 Å². The summed E-state index contributed by atoms with van der Waals surface area (Å²) in [6.07, 6.45) is 4.15. The Kier molecular flexibility index (Phi) is 5.89. The molecule has 24 heavy (non-hydrogen) atoms. The molecule has 1 saturated carbocycles. The lowest BCUT2D eigenvalue weighted by Crippen LogP contribution is -2.39. The molecule has 0 saturated heterocycles. The van der Waals surface area contributed by atoms with Gasteiger partial charge in [-0.15, -0.1) is 11.3 Å². The molecule has 1 fully saturated rings. The summed E-state index contributed by atoms with van der Waals surface area (Å²) in [5.74, 6) is 1.46. The zero-order chi connectivity index (χ0) is 16.9. The van der Waals surface area contributed by atoms with Crippen molar-refractivity contribution in [2.24, 2.45) is 4.99 Å². The molecule has 1 aliphatic carbocycles. The number of thiazole rings is 1. The fraction of sp³-hybridized carbons (Fsp3) is 0.444. The van der Waals surface area contributed by atoms with Crippen LogP contribution in [0.4, 0.5) is 0 Å². The number of aryl methyl sites for hydroxylation is 1. The van der Waals surface area contributed by atoms with Gasteiger partial charge in [0.05, 0.1) is 6.54 Å². The van der Waals surface area contributed by atoms with E-state index in [0.717, 1.165) is 34.8 Å². The topological polar surface area (TPSA) is 49.3 Å². The molecule has 0 amide bonds. The maximum Gasteiger partial charge on any atom is 0.191 e. The minimum atomic E-state index is 0.464. The number of aromatic nitrogens is 1. The van der Waals surface area contributed by atoms with E-state index in [1.165, 1.54) is 10.4 Å². The molecular formula is C18H23BrN4S. The number of aliphatic imine (C=N–C) groups is 1. The van der Waals surface area contributed by atoms with Gasteiger partial charge in [0.25, 0.3) is 0 Å². The third-order valence-electron chi connectivity index (χ3n) is 4.08. The molecule has 6 heteroatoms. The molecule has 128 valence electrons. The summed E-state index contributed by atoms with van der Waals surface area (Å²) in [6, 6.07) is 9.08.